The van der Waals surface area contributed by atoms with E-state index in [2.05, 4.69) is 0 Å². The molecular weight excluding hydrogens is 1080 g/mol. The molecule has 0 atom stereocenters. The molecule has 0 spiro atoms. The van der Waals surface area contributed by atoms with E-state index in [0.717, 1.165) is 149 Å². The first kappa shape index (κ1) is 73.9. The molecule has 0 aliphatic carbocycles. The zero-order valence-corrected chi connectivity index (χ0v) is 57.6. The molecule has 0 rings (SSSR count). The summed E-state index contributed by atoms with van der Waals surface area (Å²) in [6.45, 7) is 1.81. The Labute approximate surface area is 453 Å². The number of hydrogen-bond acceptors (Lipinski definition) is 18. The zero-order chi connectivity index (χ0) is 55.6. The van der Waals surface area contributed by atoms with Crippen molar-refractivity contribution in [1.29, 1.82) is 0 Å². The van der Waals surface area contributed by atoms with Gasteiger partial charge in [0.1, 0.15) is 5.67 Å². The monoisotopic (exact) mass is 1190 g/mol. The van der Waals surface area contributed by atoms with E-state index in [1.54, 1.807) is 135 Å². The Balaban J connectivity index is 6.62. The lowest BCUT2D eigenvalue weighted by Crippen LogP contribution is -2.45. The van der Waals surface area contributed by atoms with Crippen LogP contribution in [-0.2, 0) is 79.7 Å². The van der Waals surface area contributed by atoms with Crippen molar-refractivity contribution in [2.24, 2.45) is 0 Å². The fourth-order valence-corrected chi connectivity index (χ4v) is 34.0. The van der Waals surface area contributed by atoms with Crippen LogP contribution < -0.4 is 0 Å². The van der Waals surface area contributed by atoms with Crippen LogP contribution in [0, 0.1) is 0 Å². The van der Waals surface area contributed by atoms with Crippen LogP contribution in [0.15, 0.2) is 0 Å². The molecule has 0 aromatic heterocycles. The average molecular weight is 1190 g/mol. The minimum absolute atomic E-state index is 0.514. The van der Waals surface area contributed by atoms with Gasteiger partial charge in [-0.1, -0.05) is 113 Å². The van der Waals surface area contributed by atoms with Crippen molar-refractivity contribution in [3.05, 3.63) is 0 Å². The molecule has 0 aromatic rings. The summed E-state index contributed by atoms with van der Waals surface area (Å²) in [4.78, 5) is 0. The van der Waals surface area contributed by atoms with Crippen molar-refractivity contribution in [3.63, 3.8) is 0 Å². The summed E-state index contributed by atoms with van der Waals surface area (Å²) in [6.07, 6.45) is 10.0. The third kappa shape index (κ3) is 25.1. The second kappa shape index (κ2) is 38.6. The number of halogens is 1. The molecule has 0 aromatic carbocycles. The van der Waals surface area contributed by atoms with Gasteiger partial charge in [0.15, 0.2) is 0 Å². The van der Waals surface area contributed by atoms with Crippen molar-refractivity contribution in [3.8, 4) is 0 Å². The highest BCUT2D eigenvalue weighted by Gasteiger charge is 2.46. The SMILES string of the molecule is CO[Si](CCC[Si](CCCCC(C)(F)CCCC[Si](CCC[Si](OC)(OC)OC)(CCC[Si](OC)(OC)OC)CCC[Si](OC)(OC)OC)(CCC[Si](OC)(OC)OC)CCC[Si](OC)(OC)OC)(OC)OC. The number of unbranched alkanes of at least 4 members (excludes halogenated alkanes) is 2. The van der Waals surface area contributed by atoms with Crippen molar-refractivity contribution in [1.82, 2.24) is 0 Å². The molecule has 18 nitrogen and oxygen atoms in total. The molecule has 0 unspecified atom stereocenters. The van der Waals surface area contributed by atoms with Crippen LogP contribution >= 0.6 is 0 Å². The maximum Gasteiger partial charge on any atom is 0.500 e. The van der Waals surface area contributed by atoms with Gasteiger partial charge < -0.3 is 79.7 Å². The highest BCUT2D eigenvalue weighted by atomic mass is 28.4. The standard InChI is InChI=1S/C46H109FO18Si8/c1-46(47,30-20-22-32-66(34-24-40-68(48-2,49-3)50-4,35-25-41-69(51-5,52-6)53-7)36-26-42-70(54-8,55-9)56-10)31-21-23-33-67(37-27-43-71(57-11,58-12)59-13,38-28-44-72(60-14,61-15)62-16)39-29-45-73(63-17,64-18)65-19/h20-45H2,1-19H3. The van der Waals surface area contributed by atoms with Crippen molar-refractivity contribution in [2.75, 3.05) is 128 Å². The summed E-state index contributed by atoms with van der Waals surface area (Å²) in [5, 5.41) is 0. The molecule has 0 N–H and O–H groups in total. The lowest BCUT2D eigenvalue weighted by atomic mass is 9.95. The molecule has 0 bridgehead atoms. The van der Waals surface area contributed by atoms with Crippen molar-refractivity contribution >= 4 is 69.0 Å². The summed E-state index contributed by atoms with van der Waals surface area (Å²) in [5.41, 5.74) is -1.29. The van der Waals surface area contributed by atoms with Gasteiger partial charge in [-0.3, -0.25) is 0 Å². The molecule has 0 fully saturated rings. The molecule has 0 aliphatic heterocycles. The first-order valence-electron chi connectivity index (χ1n) is 26.4. The quantitative estimate of drug-likeness (QED) is 0.0416. The average Bonchev–Trinajstić information content (AvgIpc) is 3.42. The van der Waals surface area contributed by atoms with Gasteiger partial charge in [0.05, 0.1) is 16.1 Å². The zero-order valence-electron chi connectivity index (χ0n) is 49.6. The van der Waals surface area contributed by atoms with Crippen LogP contribution in [0.2, 0.25) is 84.6 Å². The lowest BCUT2D eigenvalue weighted by Gasteiger charge is -2.36. The lowest BCUT2D eigenvalue weighted by molar-refractivity contribution is 0.122. The van der Waals surface area contributed by atoms with Crippen molar-refractivity contribution in [2.45, 2.75) is 174 Å². The van der Waals surface area contributed by atoms with Gasteiger partial charge in [-0.25, -0.2) is 4.39 Å². The molecule has 27 heteroatoms. The topological polar surface area (TPSA) is 166 Å². The van der Waals surface area contributed by atoms with E-state index in [9.17, 15) is 0 Å². The van der Waals surface area contributed by atoms with E-state index in [1.165, 1.54) is 0 Å². The summed E-state index contributed by atoms with van der Waals surface area (Å²) in [6, 6.07) is 12.8. The molecule has 0 radical (unpaired) electrons. The normalized spacial score (nSPS) is 14.0. The maximum absolute atomic E-state index is 16.8. The van der Waals surface area contributed by atoms with Crippen LogP contribution in [0.4, 0.5) is 4.39 Å². The molecule has 0 saturated heterocycles. The van der Waals surface area contributed by atoms with E-state index in [4.69, 9.17) is 79.7 Å². The van der Waals surface area contributed by atoms with Gasteiger partial charge >= 0.3 is 52.8 Å². The van der Waals surface area contributed by atoms with Crippen LogP contribution in [0.5, 0.6) is 0 Å². The van der Waals surface area contributed by atoms with Crippen molar-refractivity contribution < 1.29 is 84.1 Å². The molecule has 0 amide bonds. The molecule has 0 aliphatic rings. The first-order valence-corrected chi connectivity index (χ1v) is 43.6. The number of alkyl halides is 1. The number of rotatable bonds is 52. The minimum Gasteiger partial charge on any atom is -0.377 e. The van der Waals surface area contributed by atoms with Crippen LogP contribution in [0.1, 0.15) is 84.0 Å². The summed E-state index contributed by atoms with van der Waals surface area (Å²) in [5.74, 6) is 0. The fraction of sp³-hybridized carbons (Fsp3) is 1.00. The Morgan fingerprint density at radius 1 is 0.219 bits per heavy atom. The largest absolute Gasteiger partial charge is 0.500 e. The summed E-state index contributed by atoms with van der Waals surface area (Å²) >= 11 is 0. The third-order valence-electron chi connectivity index (χ3n) is 16.0. The van der Waals surface area contributed by atoms with Gasteiger partial charge in [-0.2, -0.15) is 0 Å². The van der Waals surface area contributed by atoms with Gasteiger partial charge in [0, 0.05) is 164 Å². The van der Waals surface area contributed by atoms with Gasteiger partial charge in [0.25, 0.3) is 0 Å². The van der Waals surface area contributed by atoms with E-state index in [0.29, 0.717) is 12.8 Å². The first-order chi connectivity index (χ1) is 34.7. The highest BCUT2D eigenvalue weighted by molar-refractivity contribution is 6.81. The van der Waals surface area contributed by atoms with Crippen LogP contribution in [0.3, 0.4) is 0 Å². The Kier molecular flexibility index (Phi) is 39.1. The summed E-state index contributed by atoms with van der Waals surface area (Å²) < 4.78 is 122. The molecule has 0 saturated carbocycles. The van der Waals surface area contributed by atoms with Gasteiger partial charge in [-0.15, -0.1) is 0 Å². The van der Waals surface area contributed by atoms with Crippen LogP contribution in [-0.4, -0.2) is 203 Å². The Bertz CT molecular complexity index is 1080. The second-order valence-corrected chi connectivity index (χ2v) is 48.3. The van der Waals surface area contributed by atoms with E-state index >= 15 is 4.39 Å². The molecule has 0 heterocycles. The van der Waals surface area contributed by atoms with Gasteiger partial charge in [-0.05, 0) is 19.8 Å². The fourth-order valence-electron chi connectivity index (χ4n) is 11.0. The third-order valence-corrected chi connectivity index (χ3v) is 44.4. The Morgan fingerprint density at radius 2 is 0.356 bits per heavy atom. The minimum atomic E-state index is -2.80. The number of hydrogen-bond donors (Lipinski definition) is 0. The second-order valence-electron chi connectivity index (χ2n) is 19.7. The molecular formula is C46H109FO18Si8. The molecule has 440 valence electrons. The summed E-state index contributed by atoms with van der Waals surface area (Å²) in [7, 11) is 9.19. The molecule has 73 heavy (non-hydrogen) atoms. The van der Waals surface area contributed by atoms with Gasteiger partial charge in [0.2, 0.25) is 0 Å². The van der Waals surface area contributed by atoms with E-state index < -0.39 is 74.6 Å². The predicted octanol–water partition coefficient (Wildman–Crippen LogP) is 10.6. The predicted molar refractivity (Wildman–Crippen MR) is 304 cm³/mol. The Morgan fingerprint density at radius 3 is 0.493 bits per heavy atom. The maximum atomic E-state index is 16.8. The van der Waals surface area contributed by atoms with Crippen LogP contribution in [0.25, 0.3) is 0 Å². The smallest absolute Gasteiger partial charge is 0.377 e. The highest BCUT2D eigenvalue weighted by Crippen LogP contribution is 2.40. The van der Waals surface area contributed by atoms with E-state index in [-0.39, 0.29) is 0 Å². The Hall–Kier alpha value is 0.945. The van der Waals surface area contributed by atoms with E-state index in [1.807, 2.05) is 0 Å².